The summed E-state index contributed by atoms with van der Waals surface area (Å²) in [5, 5.41) is 12.9. The number of rotatable bonds is 5. The van der Waals surface area contributed by atoms with Crippen LogP contribution in [0.2, 0.25) is 0 Å². The molecule has 0 amide bonds. The minimum Gasteiger partial charge on any atom is -0.326 e. The minimum atomic E-state index is -4.03. The van der Waals surface area contributed by atoms with Gasteiger partial charge in [0.25, 0.3) is 0 Å². The van der Waals surface area contributed by atoms with Gasteiger partial charge in [-0.3, -0.25) is 0 Å². The molecule has 0 saturated carbocycles. The summed E-state index contributed by atoms with van der Waals surface area (Å²) in [4.78, 5) is -0.454. The first kappa shape index (κ1) is 14.5. The topological polar surface area (TPSA) is 127 Å². The average Bonchev–Trinajstić information content (AvgIpc) is 2.91. The van der Waals surface area contributed by atoms with Crippen molar-refractivity contribution in [1.29, 1.82) is 0 Å². The first-order valence-corrected chi connectivity index (χ1v) is 7.16. The summed E-state index contributed by atoms with van der Waals surface area (Å²) >= 11 is 0. The monoisotopic (exact) mass is 300 g/mol. The highest BCUT2D eigenvalue weighted by molar-refractivity contribution is 7.89. The summed E-state index contributed by atoms with van der Waals surface area (Å²) in [6, 6.07) is 2.97. The highest BCUT2D eigenvalue weighted by Gasteiger charge is 2.23. The van der Waals surface area contributed by atoms with E-state index in [1.54, 1.807) is 0 Å². The molecule has 0 fully saturated rings. The Hall–Kier alpha value is -1.91. The van der Waals surface area contributed by atoms with Gasteiger partial charge in [-0.2, -0.15) is 5.21 Å². The number of aromatic nitrogens is 4. The van der Waals surface area contributed by atoms with Crippen molar-refractivity contribution >= 4 is 10.0 Å². The second kappa shape index (κ2) is 5.61. The average molecular weight is 300 g/mol. The van der Waals surface area contributed by atoms with Gasteiger partial charge in [0.15, 0.2) is 5.82 Å². The van der Waals surface area contributed by atoms with E-state index in [4.69, 9.17) is 5.73 Å². The van der Waals surface area contributed by atoms with E-state index in [1.807, 2.05) is 0 Å². The summed E-state index contributed by atoms with van der Waals surface area (Å²) in [7, 11) is -4.03. The number of nitrogens with zero attached hydrogens (tertiary/aromatic N) is 3. The molecule has 1 aromatic heterocycles. The molecule has 0 bridgehead atoms. The molecule has 108 valence electrons. The minimum absolute atomic E-state index is 0.129. The van der Waals surface area contributed by atoms with Crippen LogP contribution in [0.15, 0.2) is 23.1 Å². The third-order valence-corrected chi connectivity index (χ3v) is 4.18. The molecule has 1 heterocycles. The fraction of sp³-hybridized carbons (Fsp3) is 0.300. The third kappa shape index (κ3) is 2.98. The van der Waals surface area contributed by atoms with Crippen LogP contribution in [-0.2, 0) is 16.6 Å². The van der Waals surface area contributed by atoms with Crippen LogP contribution in [0.25, 0.3) is 0 Å². The number of sulfonamides is 1. The van der Waals surface area contributed by atoms with E-state index in [-0.39, 0.29) is 12.4 Å². The lowest BCUT2D eigenvalue weighted by molar-refractivity contribution is 0.541. The molecule has 1 atom stereocenters. The lowest BCUT2D eigenvalue weighted by Gasteiger charge is -2.12. The molecule has 4 N–H and O–H groups in total. The van der Waals surface area contributed by atoms with Crippen LogP contribution in [0.4, 0.5) is 4.39 Å². The Morgan fingerprint density at radius 3 is 2.80 bits per heavy atom. The Labute approximate surface area is 114 Å². The molecule has 0 aliphatic carbocycles. The largest absolute Gasteiger partial charge is 0.326 e. The molecule has 2 aromatic rings. The van der Waals surface area contributed by atoms with Crippen LogP contribution in [0.1, 0.15) is 24.4 Å². The van der Waals surface area contributed by atoms with Crippen molar-refractivity contribution in [2.75, 3.05) is 0 Å². The van der Waals surface area contributed by atoms with E-state index in [0.29, 0.717) is 5.56 Å². The number of hydrogen-bond acceptors (Lipinski definition) is 6. The molecule has 10 heteroatoms. The van der Waals surface area contributed by atoms with Crippen molar-refractivity contribution in [3.8, 4) is 0 Å². The first-order chi connectivity index (χ1) is 9.44. The number of nitrogens with one attached hydrogen (secondary N) is 2. The van der Waals surface area contributed by atoms with Crippen LogP contribution < -0.4 is 10.5 Å². The van der Waals surface area contributed by atoms with Gasteiger partial charge in [0.1, 0.15) is 10.7 Å². The molecule has 8 nitrogen and oxygen atoms in total. The molecule has 0 radical (unpaired) electrons. The quantitative estimate of drug-likeness (QED) is 0.704. The third-order valence-electron chi connectivity index (χ3n) is 2.60. The molecular weight excluding hydrogens is 287 g/mol. The first-order valence-electron chi connectivity index (χ1n) is 5.68. The summed E-state index contributed by atoms with van der Waals surface area (Å²) < 4.78 is 40.2. The van der Waals surface area contributed by atoms with E-state index in [0.717, 1.165) is 6.07 Å². The van der Waals surface area contributed by atoms with Crippen LogP contribution in [-0.4, -0.2) is 29.0 Å². The van der Waals surface area contributed by atoms with Crippen LogP contribution in [0.5, 0.6) is 0 Å². The molecule has 0 aliphatic heterocycles. The maximum Gasteiger partial charge on any atom is 0.244 e. The summed E-state index contributed by atoms with van der Waals surface area (Å²) in [5.74, 6) is -0.701. The molecule has 1 unspecified atom stereocenters. The summed E-state index contributed by atoms with van der Waals surface area (Å²) in [6.45, 7) is 1.65. The van der Waals surface area contributed by atoms with Crippen molar-refractivity contribution in [2.45, 2.75) is 24.4 Å². The smallest absolute Gasteiger partial charge is 0.244 e. The van der Waals surface area contributed by atoms with Crippen LogP contribution in [0, 0.1) is 5.82 Å². The standard InChI is InChI=1S/C10H13FN6O2S/c1-6(10-13-16-17-14-10)15-20(18,19)9-3-2-7(5-12)4-8(9)11/h2-4,6,15H,5,12H2,1H3,(H,13,14,16,17). The lowest BCUT2D eigenvalue weighted by atomic mass is 10.2. The van der Waals surface area contributed by atoms with E-state index < -0.39 is 26.8 Å². The zero-order chi connectivity index (χ0) is 14.8. The number of H-pyrrole nitrogens is 1. The second-order valence-electron chi connectivity index (χ2n) is 4.08. The molecule has 20 heavy (non-hydrogen) atoms. The van der Waals surface area contributed by atoms with Gasteiger partial charge in [-0.1, -0.05) is 11.3 Å². The maximum atomic E-state index is 13.8. The van der Waals surface area contributed by atoms with Gasteiger partial charge in [-0.25, -0.2) is 17.5 Å². The highest BCUT2D eigenvalue weighted by Crippen LogP contribution is 2.18. The maximum absolute atomic E-state index is 13.8. The predicted octanol–water partition coefficient (Wildman–Crippen LogP) is -0.163. The number of tetrazole rings is 1. The van der Waals surface area contributed by atoms with E-state index >= 15 is 0 Å². The van der Waals surface area contributed by atoms with Gasteiger partial charge < -0.3 is 5.73 Å². The summed E-state index contributed by atoms with van der Waals surface area (Å²) in [6.07, 6.45) is 0. The van der Waals surface area contributed by atoms with Gasteiger partial charge in [0.2, 0.25) is 10.0 Å². The Morgan fingerprint density at radius 2 is 2.25 bits per heavy atom. The van der Waals surface area contributed by atoms with Gasteiger partial charge in [0.05, 0.1) is 6.04 Å². The Balaban J connectivity index is 2.27. The van der Waals surface area contributed by atoms with Crippen molar-refractivity contribution < 1.29 is 12.8 Å². The number of aromatic amines is 1. The number of halogens is 1. The number of benzene rings is 1. The fourth-order valence-corrected chi connectivity index (χ4v) is 2.85. The van der Waals surface area contributed by atoms with Crippen LogP contribution >= 0.6 is 0 Å². The molecule has 2 rings (SSSR count). The van der Waals surface area contributed by atoms with E-state index in [1.165, 1.54) is 19.1 Å². The number of nitrogens with two attached hydrogens (primary N) is 1. The second-order valence-corrected chi connectivity index (χ2v) is 5.76. The zero-order valence-corrected chi connectivity index (χ0v) is 11.4. The van der Waals surface area contributed by atoms with Crippen molar-refractivity contribution in [3.63, 3.8) is 0 Å². The zero-order valence-electron chi connectivity index (χ0n) is 10.5. The Morgan fingerprint density at radius 1 is 1.50 bits per heavy atom. The van der Waals surface area contributed by atoms with E-state index in [2.05, 4.69) is 25.3 Å². The van der Waals surface area contributed by atoms with Crippen molar-refractivity contribution in [3.05, 3.63) is 35.4 Å². The van der Waals surface area contributed by atoms with Gasteiger partial charge in [0, 0.05) is 6.54 Å². The normalized spacial score (nSPS) is 13.3. The summed E-state index contributed by atoms with van der Waals surface area (Å²) in [5.41, 5.74) is 5.87. The van der Waals surface area contributed by atoms with Gasteiger partial charge >= 0.3 is 0 Å². The Kier molecular flexibility index (Phi) is 4.06. The lowest BCUT2D eigenvalue weighted by Crippen LogP contribution is -2.28. The highest BCUT2D eigenvalue weighted by atomic mass is 32.2. The van der Waals surface area contributed by atoms with Crippen LogP contribution in [0.3, 0.4) is 0 Å². The predicted molar refractivity (Wildman–Crippen MR) is 67.2 cm³/mol. The molecule has 0 spiro atoms. The van der Waals surface area contributed by atoms with Gasteiger partial charge in [-0.05, 0) is 24.6 Å². The van der Waals surface area contributed by atoms with Crippen molar-refractivity contribution in [2.24, 2.45) is 5.73 Å². The molecule has 0 saturated heterocycles. The molecule has 1 aromatic carbocycles. The molecule has 0 aliphatic rings. The Bertz CT molecular complexity index is 688. The SMILES string of the molecule is CC(NS(=O)(=O)c1ccc(CN)cc1F)c1nn[nH]n1. The van der Waals surface area contributed by atoms with Gasteiger partial charge in [-0.15, -0.1) is 10.2 Å². The van der Waals surface area contributed by atoms with Crippen molar-refractivity contribution in [1.82, 2.24) is 25.3 Å². The number of hydrogen-bond donors (Lipinski definition) is 3. The molecular formula is C10H13FN6O2S. The van der Waals surface area contributed by atoms with E-state index in [9.17, 15) is 12.8 Å². The fourth-order valence-electron chi connectivity index (χ4n) is 1.59.